The lowest BCUT2D eigenvalue weighted by molar-refractivity contribution is -0.274. The molecule has 19 heteroatoms. The molecule has 1 aromatic carbocycles. The first-order chi connectivity index (χ1) is 20.8. The number of nitrogens with one attached hydrogen (secondary N) is 2. The molecule has 0 bridgehead atoms. The number of aromatic amines is 1. The first-order valence-corrected chi connectivity index (χ1v) is 12.6. The largest absolute Gasteiger partial charge is 0.573 e. The van der Waals surface area contributed by atoms with Gasteiger partial charge >= 0.3 is 12.5 Å². The number of H-pyrrole nitrogens is 1. The van der Waals surface area contributed by atoms with E-state index in [0.29, 0.717) is 11.8 Å². The van der Waals surface area contributed by atoms with E-state index in [1.54, 1.807) is 0 Å². The maximum absolute atomic E-state index is 15.0. The Morgan fingerprint density at radius 3 is 2.52 bits per heavy atom. The van der Waals surface area contributed by atoms with Gasteiger partial charge in [0.05, 0.1) is 36.7 Å². The van der Waals surface area contributed by atoms with Crippen molar-refractivity contribution in [1.82, 2.24) is 45.6 Å². The Labute approximate surface area is 243 Å². The number of halogens is 7. The van der Waals surface area contributed by atoms with E-state index >= 15 is 4.39 Å². The Bertz CT molecular complexity index is 1540. The summed E-state index contributed by atoms with van der Waals surface area (Å²) in [5.74, 6) is -1.88. The summed E-state index contributed by atoms with van der Waals surface area (Å²) in [5, 5.41) is 19.3. The summed E-state index contributed by atoms with van der Waals surface area (Å²) in [7, 11) is 0. The van der Waals surface area contributed by atoms with Crippen LogP contribution in [0.15, 0.2) is 55.0 Å². The van der Waals surface area contributed by atoms with E-state index in [9.17, 15) is 35.9 Å². The SMILES string of the molecule is O=C(NCc1cccc(OC(F)(F)F)c1)c1cn(CCC(F)CN(Cc2ccc(C(F)(F)F)cn2)C(=O)c2c[nH]nn2)nn1. The van der Waals surface area contributed by atoms with Crippen LogP contribution in [-0.4, -0.2) is 71.2 Å². The Kier molecular flexibility index (Phi) is 9.74. The first-order valence-electron chi connectivity index (χ1n) is 12.6. The van der Waals surface area contributed by atoms with Crippen molar-refractivity contribution in [3.05, 3.63) is 83.2 Å². The summed E-state index contributed by atoms with van der Waals surface area (Å²) < 4.78 is 95.9. The topological polar surface area (TPSA) is 144 Å². The molecule has 1 atom stereocenters. The molecular formula is C25H22F7N9O3. The summed E-state index contributed by atoms with van der Waals surface area (Å²) in [5.41, 5.74) is -0.864. The summed E-state index contributed by atoms with van der Waals surface area (Å²) in [6.45, 7) is -1.00. The van der Waals surface area contributed by atoms with E-state index < -0.39 is 48.4 Å². The number of aryl methyl sites for hydroxylation is 1. The standard InChI is InChI=1S/C25H22F7N9O3/c26-17(12-40(23(43)20-11-35-38-36-20)13-18-5-4-16(10-33-18)24(27,28)29)6-7-41-14-21(37-39-41)22(42)34-9-15-2-1-3-19(8-15)44-25(30,31)32/h1-5,8,10-11,14,17H,6-7,9,12-13H2,(H,34,42)(H,35,36,38). The minimum absolute atomic E-state index is 0.0667. The van der Waals surface area contributed by atoms with Crippen molar-refractivity contribution < 1.29 is 45.1 Å². The molecule has 4 rings (SSSR count). The fourth-order valence-electron chi connectivity index (χ4n) is 3.81. The molecule has 0 fully saturated rings. The molecule has 0 saturated heterocycles. The van der Waals surface area contributed by atoms with Gasteiger partial charge in [-0.2, -0.15) is 13.2 Å². The number of carbonyl (C=O) groups excluding carboxylic acids is 2. The third kappa shape index (κ3) is 9.20. The molecule has 0 radical (unpaired) electrons. The van der Waals surface area contributed by atoms with Crippen molar-refractivity contribution >= 4 is 11.8 Å². The van der Waals surface area contributed by atoms with Crippen LogP contribution in [0.1, 0.15) is 44.2 Å². The zero-order valence-corrected chi connectivity index (χ0v) is 22.3. The van der Waals surface area contributed by atoms with E-state index in [-0.39, 0.29) is 43.1 Å². The zero-order chi connectivity index (χ0) is 31.9. The van der Waals surface area contributed by atoms with Crippen LogP contribution in [-0.2, 0) is 25.8 Å². The smallest absolute Gasteiger partial charge is 0.406 e. The second-order valence-electron chi connectivity index (χ2n) is 9.21. The van der Waals surface area contributed by atoms with Crippen LogP contribution in [0, 0.1) is 0 Å². The molecule has 44 heavy (non-hydrogen) atoms. The van der Waals surface area contributed by atoms with Crippen LogP contribution in [0.3, 0.4) is 0 Å². The lowest BCUT2D eigenvalue weighted by Crippen LogP contribution is -2.36. The zero-order valence-electron chi connectivity index (χ0n) is 22.3. The van der Waals surface area contributed by atoms with Crippen LogP contribution in [0.5, 0.6) is 5.75 Å². The van der Waals surface area contributed by atoms with Gasteiger partial charge in [-0.1, -0.05) is 22.6 Å². The highest BCUT2D eigenvalue weighted by molar-refractivity contribution is 5.92. The van der Waals surface area contributed by atoms with Crippen LogP contribution in [0.2, 0.25) is 0 Å². The van der Waals surface area contributed by atoms with Crippen molar-refractivity contribution in [1.29, 1.82) is 0 Å². The van der Waals surface area contributed by atoms with Crippen molar-refractivity contribution in [3.63, 3.8) is 0 Å². The molecule has 0 aliphatic rings. The molecule has 234 valence electrons. The molecular weight excluding hydrogens is 607 g/mol. The fraction of sp³-hybridized carbons (Fsp3) is 0.320. The van der Waals surface area contributed by atoms with Gasteiger partial charge in [0.1, 0.15) is 11.9 Å². The molecule has 0 spiro atoms. The van der Waals surface area contributed by atoms with Crippen LogP contribution < -0.4 is 10.1 Å². The highest BCUT2D eigenvalue weighted by atomic mass is 19.4. The minimum Gasteiger partial charge on any atom is -0.406 e. The summed E-state index contributed by atoms with van der Waals surface area (Å²) in [6.07, 6.45) is -8.29. The molecule has 3 aromatic heterocycles. The molecule has 0 aliphatic heterocycles. The molecule has 4 aromatic rings. The number of pyridine rings is 1. The highest BCUT2D eigenvalue weighted by Crippen LogP contribution is 2.28. The number of hydrogen-bond donors (Lipinski definition) is 2. The average molecular weight is 629 g/mol. The van der Waals surface area contributed by atoms with Crippen molar-refractivity contribution in [3.8, 4) is 5.75 Å². The number of aromatic nitrogens is 7. The number of benzene rings is 1. The molecule has 2 N–H and O–H groups in total. The van der Waals surface area contributed by atoms with E-state index in [1.165, 1.54) is 29.2 Å². The Hall–Kier alpha value is -5.10. The quantitative estimate of drug-likeness (QED) is 0.226. The van der Waals surface area contributed by atoms with Crippen LogP contribution in [0.4, 0.5) is 30.7 Å². The number of amides is 2. The molecule has 3 heterocycles. The van der Waals surface area contributed by atoms with E-state index in [1.807, 2.05) is 0 Å². The van der Waals surface area contributed by atoms with Gasteiger partial charge in [0.2, 0.25) is 0 Å². The fourth-order valence-corrected chi connectivity index (χ4v) is 3.81. The number of alkyl halides is 7. The Balaban J connectivity index is 1.32. The second-order valence-corrected chi connectivity index (χ2v) is 9.21. The van der Waals surface area contributed by atoms with Gasteiger partial charge in [0.25, 0.3) is 11.8 Å². The Morgan fingerprint density at radius 1 is 1.07 bits per heavy atom. The number of hydrogen-bond acceptors (Lipinski definition) is 8. The van der Waals surface area contributed by atoms with Gasteiger partial charge in [-0.15, -0.1) is 23.4 Å². The number of nitrogens with zero attached hydrogens (tertiary/aromatic N) is 7. The molecule has 1 unspecified atom stereocenters. The van der Waals surface area contributed by atoms with Gasteiger partial charge < -0.3 is 15.0 Å². The van der Waals surface area contributed by atoms with E-state index in [0.717, 1.165) is 29.2 Å². The second kappa shape index (κ2) is 13.5. The number of carbonyl (C=O) groups is 2. The summed E-state index contributed by atoms with van der Waals surface area (Å²) in [6, 6.07) is 6.90. The normalized spacial score (nSPS) is 12.5. The lowest BCUT2D eigenvalue weighted by atomic mass is 10.2. The maximum Gasteiger partial charge on any atom is 0.573 e. The van der Waals surface area contributed by atoms with Gasteiger partial charge in [-0.05, 0) is 36.2 Å². The third-order valence-corrected chi connectivity index (χ3v) is 5.87. The van der Waals surface area contributed by atoms with Crippen molar-refractivity contribution in [2.24, 2.45) is 0 Å². The minimum atomic E-state index is -4.87. The predicted molar refractivity (Wildman–Crippen MR) is 134 cm³/mol. The predicted octanol–water partition coefficient (Wildman–Crippen LogP) is 3.71. The summed E-state index contributed by atoms with van der Waals surface area (Å²) in [4.78, 5) is 30.0. The first kappa shape index (κ1) is 31.8. The lowest BCUT2D eigenvalue weighted by Gasteiger charge is -2.23. The molecule has 0 saturated carbocycles. The van der Waals surface area contributed by atoms with Gasteiger partial charge in [0.15, 0.2) is 11.4 Å². The molecule has 12 nitrogen and oxygen atoms in total. The van der Waals surface area contributed by atoms with Crippen LogP contribution >= 0.6 is 0 Å². The monoisotopic (exact) mass is 629 g/mol. The average Bonchev–Trinajstić information content (AvgIpc) is 3.66. The van der Waals surface area contributed by atoms with Crippen molar-refractivity contribution in [2.45, 2.75) is 44.8 Å². The van der Waals surface area contributed by atoms with Crippen molar-refractivity contribution in [2.75, 3.05) is 6.54 Å². The third-order valence-electron chi connectivity index (χ3n) is 5.87. The van der Waals surface area contributed by atoms with Crippen LogP contribution in [0.25, 0.3) is 0 Å². The van der Waals surface area contributed by atoms with E-state index in [2.05, 4.69) is 40.8 Å². The molecule has 0 aliphatic carbocycles. The number of rotatable bonds is 12. The van der Waals surface area contributed by atoms with Gasteiger partial charge in [-0.25, -0.2) is 4.39 Å². The number of ether oxygens (including phenoxy) is 1. The Morgan fingerprint density at radius 2 is 1.86 bits per heavy atom. The van der Waals surface area contributed by atoms with Gasteiger partial charge in [0, 0.05) is 19.3 Å². The van der Waals surface area contributed by atoms with E-state index in [4.69, 9.17) is 0 Å². The summed E-state index contributed by atoms with van der Waals surface area (Å²) >= 11 is 0. The molecule has 2 amide bonds. The van der Waals surface area contributed by atoms with Gasteiger partial charge in [-0.3, -0.25) is 24.4 Å². The maximum atomic E-state index is 15.0. The highest BCUT2D eigenvalue weighted by Gasteiger charge is 2.32.